The second-order valence-corrected chi connectivity index (χ2v) is 5.28. The number of carbonyl (C=O) groups excluding carboxylic acids is 1. The molecule has 0 aliphatic carbocycles. The van der Waals surface area contributed by atoms with E-state index in [0.717, 1.165) is 26.1 Å². The fourth-order valence-corrected chi connectivity index (χ4v) is 2.37. The molecule has 3 nitrogen and oxygen atoms in total. The number of benzene rings is 1. The lowest BCUT2D eigenvalue weighted by molar-refractivity contribution is 0.0616. The Morgan fingerprint density at radius 1 is 1.44 bits per heavy atom. The van der Waals surface area contributed by atoms with Gasteiger partial charge in [-0.2, -0.15) is 0 Å². The van der Waals surface area contributed by atoms with E-state index < -0.39 is 0 Å². The average Bonchev–Trinajstić information content (AvgIpc) is 2.28. The lowest BCUT2D eigenvalue weighted by Gasteiger charge is -2.38. The molecule has 1 aliphatic heterocycles. The number of hydrogen-bond donors (Lipinski definition) is 1. The summed E-state index contributed by atoms with van der Waals surface area (Å²) in [5.74, 6) is -0.0316. The minimum Gasteiger partial charge on any atom is -0.333 e. The summed E-state index contributed by atoms with van der Waals surface area (Å²) in [5.41, 5.74) is 0.490. The number of hydrogen-bond acceptors (Lipinski definition) is 2. The molecule has 0 bridgehead atoms. The molecule has 5 heteroatoms. The smallest absolute Gasteiger partial charge is 0.255 e. The highest BCUT2D eigenvalue weighted by molar-refractivity contribution is 6.35. The van der Waals surface area contributed by atoms with Gasteiger partial charge in [0, 0.05) is 24.7 Å². The van der Waals surface area contributed by atoms with Crippen molar-refractivity contribution in [3.05, 3.63) is 33.8 Å². The topological polar surface area (TPSA) is 32.3 Å². The summed E-state index contributed by atoms with van der Waals surface area (Å²) < 4.78 is 0. The number of rotatable bonds is 4. The predicted octanol–water partition coefficient (Wildman–Crippen LogP) is 2.82. The van der Waals surface area contributed by atoms with Crippen LogP contribution in [0.15, 0.2) is 18.2 Å². The third-order valence-electron chi connectivity index (χ3n) is 3.08. The molecule has 1 aromatic carbocycles. The molecule has 98 valence electrons. The molecule has 18 heavy (non-hydrogen) atoms. The average molecular weight is 287 g/mol. The van der Waals surface area contributed by atoms with Crippen molar-refractivity contribution in [3.63, 3.8) is 0 Å². The number of nitrogens with zero attached hydrogens (tertiary/aromatic N) is 1. The van der Waals surface area contributed by atoms with Crippen molar-refractivity contribution in [2.45, 2.75) is 19.4 Å². The molecule has 2 rings (SSSR count). The third kappa shape index (κ3) is 2.79. The summed E-state index contributed by atoms with van der Waals surface area (Å²) in [7, 11) is 0. The number of carbonyl (C=O) groups is 1. The molecule has 1 saturated heterocycles. The van der Waals surface area contributed by atoms with Gasteiger partial charge in [0.05, 0.1) is 16.6 Å². The molecule has 1 fully saturated rings. The minimum atomic E-state index is -0.0316. The van der Waals surface area contributed by atoms with Gasteiger partial charge in [-0.25, -0.2) is 0 Å². The molecule has 1 heterocycles. The minimum absolute atomic E-state index is 0.0316. The Bertz CT molecular complexity index is 447. The largest absolute Gasteiger partial charge is 0.333 e. The van der Waals surface area contributed by atoms with Gasteiger partial charge in [0.25, 0.3) is 5.91 Å². The van der Waals surface area contributed by atoms with Crippen molar-refractivity contribution in [3.8, 4) is 0 Å². The molecule has 0 radical (unpaired) electrons. The van der Waals surface area contributed by atoms with Gasteiger partial charge >= 0.3 is 0 Å². The van der Waals surface area contributed by atoms with E-state index in [1.807, 2.05) is 4.90 Å². The highest BCUT2D eigenvalue weighted by Crippen LogP contribution is 2.23. The maximum Gasteiger partial charge on any atom is 0.255 e. The van der Waals surface area contributed by atoms with Gasteiger partial charge in [-0.3, -0.25) is 4.79 Å². The van der Waals surface area contributed by atoms with Crippen LogP contribution >= 0.6 is 23.2 Å². The molecule has 0 aromatic heterocycles. The van der Waals surface area contributed by atoms with Crippen LogP contribution in [0, 0.1) is 0 Å². The first kappa shape index (κ1) is 13.7. The second-order valence-electron chi connectivity index (χ2n) is 4.43. The fraction of sp³-hybridized carbons (Fsp3) is 0.462. The molecular formula is C13H16Cl2N2O. The van der Waals surface area contributed by atoms with Crippen molar-refractivity contribution >= 4 is 29.1 Å². The first-order valence-corrected chi connectivity index (χ1v) is 6.85. The van der Waals surface area contributed by atoms with Crippen molar-refractivity contribution in [2.75, 3.05) is 19.6 Å². The van der Waals surface area contributed by atoms with Crippen LogP contribution in [0.5, 0.6) is 0 Å². The number of nitrogens with one attached hydrogen (secondary N) is 1. The second kappa shape index (κ2) is 5.91. The summed E-state index contributed by atoms with van der Waals surface area (Å²) in [4.78, 5) is 14.4. The normalized spacial score (nSPS) is 15.3. The number of halogens is 2. The zero-order chi connectivity index (χ0) is 13.1. The van der Waals surface area contributed by atoms with E-state index in [9.17, 15) is 4.79 Å². The first-order valence-electron chi connectivity index (χ1n) is 6.10. The van der Waals surface area contributed by atoms with Crippen LogP contribution in [-0.4, -0.2) is 36.5 Å². The molecule has 1 aliphatic rings. The van der Waals surface area contributed by atoms with Crippen LogP contribution in [0.3, 0.4) is 0 Å². The Kier molecular flexibility index (Phi) is 4.49. The predicted molar refractivity (Wildman–Crippen MR) is 74.4 cm³/mol. The summed E-state index contributed by atoms with van der Waals surface area (Å²) in [6, 6.07) is 5.27. The fourth-order valence-electron chi connectivity index (χ4n) is 2.00. The van der Waals surface area contributed by atoms with Crippen LogP contribution in [0.4, 0.5) is 0 Å². The van der Waals surface area contributed by atoms with E-state index in [4.69, 9.17) is 23.2 Å². The Hall–Kier alpha value is -0.770. The van der Waals surface area contributed by atoms with E-state index in [0.29, 0.717) is 15.6 Å². The third-order valence-corrected chi connectivity index (χ3v) is 3.65. The Morgan fingerprint density at radius 3 is 2.72 bits per heavy atom. The molecule has 0 atom stereocenters. The van der Waals surface area contributed by atoms with Crippen molar-refractivity contribution in [1.29, 1.82) is 0 Å². The summed E-state index contributed by atoms with van der Waals surface area (Å²) in [5, 5.41) is 4.17. The molecule has 0 saturated carbocycles. The molecule has 1 N–H and O–H groups in total. The van der Waals surface area contributed by atoms with E-state index in [-0.39, 0.29) is 11.9 Å². The Labute approximate surface area is 117 Å². The van der Waals surface area contributed by atoms with Crippen molar-refractivity contribution < 1.29 is 4.79 Å². The van der Waals surface area contributed by atoms with Gasteiger partial charge < -0.3 is 10.2 Å². The van der Waals surface area contributed by atoms with Gasteiger partial charge in [0.1, 0.15) is 0 Å². The summed E-state index contributed by atoms with van der Waals surface area (Å²) in [6.07, 6.45) is 0.931. The van der Waals surface area contributed by atoms with E-state index in [2.05, 4.69) is 12.2 Å². The quantitative estimate of drug-likeness (QED) is 0.923. The molecule has 0 unspecified atom stereocenters. The van der Waals surface area contributed by atoms with Crippen LogP contribution in [0.25, 0.3) is 0 Å². The summed E-state index contributed by atoms with van der Waals surface area (Å²) in [6.45, 7) is 4.51. The zero-order valence-electron chi connectivity index (χ0n) is 10.2. The molecular weight excluding hydrogens is 271 g/mol. The van der Waals surface area contributed by atoms with Gasteiger partial charge in [0.2, 0.25) is 0 Å². The van der Waals surface area contributed by atoms with Gasteiger partial charge in [-0.05, 0) is 24.6 Å². The number of amides is 1. The molecule has 0 spiro atoms. The maximum atomic E-state index is 12.5. The van der Waals surface area contributed by atoms with Gasteiger partial charge in [-0.1, -0.05) is 30.1 Å². The molecule has 1 amide bonds. The zero-order valence-corrected chi connectivity index (χ0v) is 11.8. The lowest BCUT2D eigenvalue weighted by Crippen LogP contribution is -2.59. The first-order chi connectivity index (χ1) is 8.63. The van der Waals surface area contributed by atoms with Gasteiger partial charge in [0.15, 0.2) is 0 Å². The van der Waals surface area contributed by atoms with Crippen LogP contribution in [0.2, 0.25) is 10.0 Å². The van der Waals surface area contributed by atoms with Crippen molar-refractivity contribution in [1.82, 2.24) is 10.2 Å². The highest BCUT2D eigenvalue weighted by Gasteiger charge is 2.29. The maximum absolute atomic E-state index is 12.5. The Morgan fingerprint density at radius 2 is 2.17 bits per heavy atom. The van der Waals surface area contributed by atoms with Crippen LogP contribution in [-0.2, 0) is 0 Å². The lowest BCUT2D eigenvalue weighted by atomic mass is 10.1. The molecule has 1 aromatic rings. The van der Waals surface area contributed by atoms with Gasteiger partial charge in [-0.15, -0.1) is 0 Å². The standard InChI is InChI=1S/C13H16Cl2N2O/c1-2-5-17(10-7-16-8-10)13(18)11-6-9(14)3-4-12(11)15/h3-4,6,10,16H,2,5,7-8H2,1H3. The highest BCUT2D eigenvalue weighted by atomic mass is 35.5. The van der Waals surface area contributed by atoms with Crippen LogP contribution in [0.1, 0.15) is 23.7 Å². The Balaban J connectivity index is 2.23. The summed E-state index contributed by atoms with van der Waals surface area (Å²) >= 11 is 12.0. The van der Waals surface area contributed by atoms with Crippen LogP contribution < -0.4 is 5.32 Å². The SMILES string of the molecule is CCCN(C(=O)c1cc(Cl)ccc1Cl)C1CNC1. The van der Waals surface area contributed by atoms with E-state index >= 15 is 0 Å². The van der Waals surface area contributed by atoms with Crippen molar-refractivity contribution in [2.24, 2.45) is 0 Å². The van der Waals surface area contributed by atoms with E-state index in [1.54, 1.807) is 18.2 Å². The van der Waals surface area contributed by atoms with E-state index in [1.165, 1.54) is 0 Å². The monoisotopic (exact) mass is 286 g/mol.